The second-order valence-corrected chi connectivity index (χ2v) is 8.37. The van der Waals surface area contributed by atoms with Crippen LogP contribution >= 0.6 is 0 Å². The molecule has 1 aliphatic rings. The molecule has 0 radical (unpaired) electrons. The van der Waals surface area contributed by atoms with E-state index >= 15 is 0 Å². The minimum atomic E-state index is 0.00355. The molecule has 2 amide bonds. The summed E-state index contributed by atoms with van der Waals surface area (Å²) >= 11 is 0. The Labute approximate surface area is 186 Å². The molecule has 0 spiro atoms. The lowest BCUT2D eigenvalue weighted by atomic mass is 10.1. The van der Waals surface area contributed by atoms with E-state index in [1.54, 1.807) is 4.52 Å². The number of hydrogen-bond acceptors (Lipinski definition) is 5. The number of urea groups is 1. The highest BCUT2D eigenvalue weighted by atomic mass is 16.5. The number of aryl methyl sites for hydroxylation is 2. The van der Waals surface area contributed by atoms with E-state index in [0.717, 1.165) is 27.6 Å². The van der Waals surface area contributed by atoms with Gasteiger partial charge >= 0.3 is 6.03 Å². The van der Waals surface area contributed by atoms with Crippen LogP contribution in [0.1, 0.15) is 22.3 Å². The van der Waals surface area contributed by atoms with Crippen molar-refractivity contribution in [3.8, 4) is 0 Å². The fraction of sp³-hybridized carbons (Fsp3) is 0.333. The number of tetrazole rings is 1. The number of ether oxygens (including phenoxy) is 1. The number of carbonyl (C=O) groups is 1. The molecule has 1 aliphatic heterocycles. The number of hydrogen-bond donors (Lipinski definition) is 0. The first-order valence-electron chi connectivity index (χ1n) is 10.9. The van der Waals surface area contributed by atoms with Crippen molar-refractivity contribution in [3.63, 3.8) is 0 Å². The number of benzene rings is 2. The molecule has 0 saturated carbocycles. The molecule has 0 aliphatic carbocycles. The van der Waals surface area contributed by atoms with Gasteiger partial charge in [-0.05, 0) is 48.0 Å². The smallest absolute Gasteiger partial charge is 0.320 e. The Balaban J connectivity index is 1.53. The van der Waals surface area contributed by atoms with Crippen LogP contribution in [0.3, 0.4) is 0 Å². The van der Waals surface area contributed by atoms with Gasteiger partial charge in [-0.15, -0.1) is 5.10 Å². The van der Waals surface area contributed by atoms with Gasteiger partial charge in [0.1, 0.15) is 0 Å². The van der Waals surface area contributed by atoms with Crippen LogP contribution in [0.4, 0.5) is 4.79 Å². The molecule has 2 aromatic carbocycles. The summed E-state index contributed by atoms with van der Waals surface area (Å²) < 4.78 is 7.20. The maximum Gasteiger partial charge on any atom is 0.320 e. The molecule has 0 bridgehead atoms. The average Bonchev–Trinajstić information content (AvgIpc) is 3.30. The topological polar surface area (TPSA) is 75.9 Å². The Bertz CT molecular complexity index is 1260. The summed E-state index contributed by atoms with van der Waals surface area (Å²) in [5.41, 5.74) is 5.98. The molecular weight excluding hydrogens is 404 g/mol. The minimum Gasteiger partial charge on any atom is -0.378 e. The van der Waals surface area contributed by atoms with Crippen LogP contribution in [-0.2, 0) is 17.8 Å². The zero-order valence-electron chi connectivity index (χ0n) is 18.4. The Kier molecular flexibility index (Phi) is 5.45. The molecule has 0 N–H and O–H groups in total. The summed E-state index contributed by atoms with van der Waals surface area (Å²) in [6, 6.07) is 16.6. The van der Waals surface area contributed by atoms with Crippen LogP contribution < -0.4 is 0 Å². The first-order chi connectivity index (χ1) is 15.6. The second-order valence-electron chi connectivity index (χ2n) is 8.37. The molecule has 0 atom stereocenters. The number of carbonyl (C=O) groups excluding carboxylic acids is 1. The van der Waals surface area contributed by atoms with Gasteiger partial charge in [0.15, 0.2) is 5.65 Å². The number of nitrogens with zero attached hydrogens (tertiary/aromatic N) is 6. The Morgan fingerprint density at radius 2 is 1.75 bits per heavy atom. The molecule has 8 heteroatoms. The molecule has 4 aromatic rings. The van der Waals surface area contributed by atoms with Crippen molar-refractivity contribution in [2.24, 2.45) is 0 Å². The zero-order chi connectivity index (χ0) is 22.1. The predicted octanol–water partition coefficient (Wildman–Crippen LogP) is 3.35. The number of morpholine rings is 1. The third kappa shape index (κ3) is 4.01. The highest BCUT2D eigenvalue weighted by molar-refractivity contribution is 5.84. The standard InChI is InChI=1S/C24H26N6O2/c1-17-3-6-19(7-4-17)15-29(24(31)28-9-11-32-12-10-28)16-21-14-20-13-18(2)5-8-22(20)30-23(21)25-26-27-30/h3-8,13-14H,9-12,15-16H2,1-2H3. The van der Waals surface area contributed by atoms with Gasteiger partial charge in [-0.1, -0.05) is 41.5 Å². The molecule has 32 heavy (non-hydrogen) atoms. The maximum absolute atomic E-state index is 13.5. The van der Waals surface area contributed by atoms with Gasteiger partial charge in [0.25, 0.3) is 0 Å². The van der Waals surface area contributed by atoms with Gasteiger partial charge in [0.05, 0.1) is 25.3 Å². The zero-order valence-corrected chi connectivity index (χ0v) is 18.4. The van der Waals surface area contributed by atoms with Crippen LogP contribution in [0.5, 0.6) is 0 Å². The lowest BCUT2D eigenvalue weighted by Crippen LogP contribution is -2.47. The summed E-state index contributed by atoms with van der Waals surface area (Å²) in [6.07, 6.45) is 0. The van der Waals surface area contributed by atoms with Crippen molar-refractivity contribution in [2.45, 2.75) is 26.9 Å². The molecule has 8 nitrogen and oxygen atoms in total. The predicted molar refractivity (Wildman–Crippen MR) is 121 cm³/mol. The van der Waals surface area contributed by atoms with Crippen molar-refractivity contribution < 1.29 is 9.53 Å². The summed E-state index contributed by atoms with van der Waals surface area (Å²) in [6.45, 7) is 7.38. The van der Waals surface area contributed by atoms with Gasteiger partial charge < -0.3 is 14.5 Å². The van der Waals surface area contributed by atoms with E-state index in [1.165, 1.54) is 5.56 Å². The Morgan fingerprint density at radius 3 is 2.53 bits per heavy atom. The third-order valence-corrected chi connectivity index (χ3v) is 5.91. The van der Waals surface area contributed by atoms with E-state index in [9.17, 15) is 4.79 Å². The fourth-order valence-corrected chi connectivity index (χ4v) is 4.17. The molecule has 5 rings (SSSR count). The molecule has 1 saturated heterocycles. The SMILES string of the molecule is Cc1ccc(CN(Cc2cc3cc(C)ccc3n3nnnc23)C(=O)N2CCOCC2)cc1. The van der Waals surface area contributed by atoms with Gasteiger partial charge in [-0.2, -0.15) is 4.52 Å². The largest absolute Gasteiger partial charge is 0.378 e. The van der Waals surface area contributed by atoms with Gasteiger partial charge in [-0.25, -0.2) is 4.79 Å². The van der Waals surface area contributed by atoms with Gasteiger partial charge in [0.2, 0.25) is 0 Å². The lowest BCUT2D eigenvalue weighted by Gasteiger charge is -2.33. The van der Waals surface area contributed by atoms with Crippen molar-refractivity contribution in [3.05, 3.63) is 70.8 Å². The van der Waals surface area contributed by atoms with E-state index in [2.05, 4.69) is 71.8 Å². The fourth-order valence-electron chi connectivity index (χ4n) is 4.17. The van der Waals surface area contributed by atoms with Crippen LogP contribution in [-0.4, -0.2) is 62.2 Å². The molecule has 1 fully saturated rings. The van der Waals surface area contributed by atoms with Gasteiger partial charge in [-0.3, -0.25) is 0 Å². The third-order valence-electron chi connectivity index (χ3n) is 5.91. The van der Waals surface area contributed by atoms with E-state index < -0.39 is 0 Å². The second kappa shape index (κ2) is 8.55. The molecule has 2 aromatic heterocycles. The molecule has 164 valence electrons. The quantitative estimate of drug-likeness (QED) is 0.496. The van der Waals surface area contributed by atoms with E-state index in [0.29, 0.717) is 45.0 Å². The van der Waals surface area contributed by atoms with Crippen molar-refractivity contribution >= 4 is 22.6 Å². The van der Waals surface area contributed by atoms with Crippen LogP contribution in [0.15, 0.2) is 48.5 Å². The van der Waals surface area contributed by atoms with Crippen molar-refractivity contribution in [2.75, 3.05) is 26.3 Å². The summed E-state index contributed by atoms with van der Waals surface area (Å²) in [4.78, 5) is 17.2. The Hall–Kier alpha value is -3.52. The van der Waals surface area contributed by atoms with Crippen molar-refractivity contribution in [1.82, 2.24) is 29.8 Å². The van der Waals surface area contributed by atoms with E-state index in [4.69, 9.17) is 4.74 Å². The maximum atomic E-state index is 13.5. The van der Waals surface area contributed by atoms with Crippen LogP contribution in [0.2, 0.25) is 0 Å². The first kappa shape index (κ1) is 20.4. The molecular formula is C24H26N6O2. The summed E-state index contributed by atoms with van der Waals surface area (Å²) in [5.74, 6) is 0. The molecule has 3 heterocycles. The number of aromatic nitrogens is 4. The van der Waals surface area contributed by atoms with E-state index in [1.807, 2.05) is 15.9 Å². The number of amides is 2. The monoisotopic (exact) mass is 430 g/mol. The van der Waals surface area contributed by atoms with Crippen LogP contribution in [0, 0.1) is 13.8 Å². The molecule has 0 unspecified atom stereocenters. The van der Waals surface area contributed by atoms with Gasteiger partial charge in [0, 0.05) is 30.6 Å². The first-order valence-corrected chi connectivity index (χ1v) is 10.9. The van der Waals surface area contributed by atoms with E-state index in [-0.39, 0.29) is 6.03 Å². The van der Waals surface area contributed by atoms with Crippen molar-refractivity contribution in [1.29, 1.82) is 0 Å². The Morgan fingerprint density at radius 1 is 1.00 bits per heavy atom. The highest BCUT2D eigenvalue weighted by Crippen LogP contribution is 2.23. The van der Waals surface area contributed by atoms with Crippen LogP contribution in [0.25, 0.3) is 16.6 Å². The lowest BCUT2D eigenvalue weighted by molar-refractivity contribution is 0.0419. The average molecular weight is 431 g/mol. The number of pyridine rings is 1. The summed E-state index contributed by atoms with van der Waals surface area (Å²) in [5, 5.41) is 13.4. The number of fused-ring (bicyclic) bond motifs is 3. The number of rotatable bonds is 4. The summed E-state index contributed by atoms with van der Waals surface area (Å²) in [7, 11) is 0. The highest BCUT2D eigenvalue weighted by Gasteiger charge is 2.25. The normalized spacial score (nSPS) is 14.2. The minimum absolute atomic E-state index is 0.00355.